The van der Waals surface area contributed by atoms with Crippen molar-refractivity contribution in [3.8, 4) is 5.75 Å². The largest absolute Gasteiger partial charge is 0.497 e. The molecule has 0 unspecified atom stereocenters. The minimum Gasteiger partial charge on any atom is -0.497 e. The SMILES string of the molecule is COc1cccc(N2C(=O)[C@H](CC(=O)Nc3ccc(F)cc3)N(CC(C)C)C2=O)c1. The Labute approximate surface area is 174 Å². The Morgan fingerprint density at radius 2 is 1.87 bits per heavy atom. The van der Waals surface area contributed by atoms with Crippen LogP contribution in [0, 0.1) is 11.7 Å². The summed E-state index contributed by atoms with van der Waals surface area (Å²) < 4.78 is 18.2. The summed E-state index contributed by atoms with van der Waals surface area (Å²) in [6.45, 7) is 4.20. The highest BCUT2D eigenvalue weighted by molar-refractivity contribution is 6.22. The van der Waals surface area contributed by atoms with Crippen molar-refractivity contribution in [2.45, 2.75) is 26.3 Å². The van der Waals surface area contributed by atoms with Gasteiger partial charge >= 0.3 is 6.03 Å². The number of nitrogens with zero attached hydrogens (tertiary/aromatic N) is 2. The van der Waals surface area contributed by atoms with Crippen LogP contribution in [0.15, 0.2) is 48.5 Å². The van der Waals surface area contributed by atoms with Crippen LogP contribution in [0.2, 0.25) is 0 Å². The van der Waals surface area contributed by atoms with Crippen LogP contribution in [0.3, 0.4) is 0 Å². The lowest BCUT2D eigenvalue weighted by Gasteiger charge is -2.23. The number of hydrogen-bond donors (Lipinski definition) is 1. The number of halogens is 1. The average molecular weight is 413 g/mol. The molecule has 0 spiro atoms. The van der Waals surface area contributed by atoms with Crippen LogP contribution in [0.1, 0.15) is 20.3 Å². The number of ether oxygens (including phenoxy) is 1. The number of carbonyl (C=O) groups excluding carboxylic acids is 3. The van der Waals surface area contributed by atoms with Crippen molar-refractivity contribution in [1.29, 1.82) is 0 Å². The van der Waals surface area contributed by atoms with Crippen LogP contribution in [0.4, 0.5) is 20.6 Å². The van der Waals surface area contributed by atoms with E-state index in [1.807, 2.05) is 13.8 Å². The van der Waals surface area contributed by atoms with Crippen molar-refractivity contribution >= 4 is 29.2 Å². The van der Waals surface area contributed by atoms with Crippen molar-refractivity contribution < 1.29 is 23.5 Å². The van der Waals surface area contributed by atoms with Gasteiger partial charge in [0.2, 0.25) is 5.91 Å². The highest BCUT2D eigenvalue weighted by atomic mass is 19.1. The van der Waals surface area contributed by atoms with E-state index in [1.165, 1.54) is 36.3 Å². The molecule has 158 valence electrons. The number of benzene rings is 2. The lowest BCUT2D eigenvalue weighted by Crippen LogP contribution is -2.40. The Kier molecular flexibility index (Phi) is 6.34. The zero-order valence-electron chi connectivity index (χ0n) is 17.1. The quantitative estimate of drug-likeness (QED) is 0.703. The second kappa shape index (κ2) is 8.94. The Hall–Kier alpha value is -3.42. The van der Waals surface area contributed by atoms with E-state index in [4.69, 9.17) is 4.74 Å². The van der Waals surface area contributed by atoms with Crippen molar-refractivity contribution in [2.75, 3.05) is 23.9 Å². The molecule has 1 heterocycles. The third-order valence-corrected chi connectivity index (χ3v) is 4.70. The first-order valence-electron chi connectivity index (χ1n) is 9.64. The molecule has 30 heavy (non-hydrogen) atoms. The smallest absolute Gasteiger partial charge is 0.332 e. The maximum atomic E-state index is 13.1. The van der Waals surface area contributed by atoms with Gasteiger partial charge in [0.15, 0.2) is 0 Å². The number of amides is 4. The number of carbonyl (C=O) groups is 3. The number of anilines is 2. The molecule has 0 saturated carbocycles. The van der Waals surface area contributed by atoms with Crippen LogP contribution < -0.4 is 15.0 Å². The molecule has 0 radical (unpaired) electrons. The predicted octanol–water partition coefficient (Wildman–Crippen LogP) is 3.66. The molecule has 1 aliphatic rings. The molecule has 4 amide bonds. The topological polar surface area (TPSA) is 79.0 Å². The molecule has 0 aliphatic carbocycles. The Bertz CT molecular complexity index is 946. The molecular weight excluding hydrogens is 389 g/mol. The van der Waals surface area contributed by atoms with Gasteiger partial charge in [0.25, 0.3) is 5.91 Å². The summed E-state index contributed by atoms with van der Waals surface area (Å²) in [4.78, 5) is 41.2. The van der Waals surface area contributed by atoms with Crippen molar-refractivity contribution in [2.24, 2.45) is 5.92 Å². The van der Waals surface area contributed by atoms with Gasteiger partial charge in [-0.15, -0.1) is 0 Å². The fourth-order valence-electron chi connectivity index (χ4n) is 3.34. The van der Waals surface area contributed by atoms with Gasteiger partial charge in [-0.2, -0.15) is 0 Å². The molecule has 0 aromatic heterocycles. The zero-order valence-corrected chi connectivity index (χ0v) is 17.1. The van der Waals surface area contributed by atoms with Gasteiger partial charge in [-0.3, -0.25) is 9.59 Å². The minimum absolute atomic E-state index is 0.106. The van der Waals surface area contributed by atoms with Gasteiger partial charge < -0.3 is 15.0 Å². The monoisotopic (exact) mass is 413 g/mol. The fraction of sp³-hybridized carbons (Fsp3) is 0.318. The van der Waals surface area contributed by atoms with E-state index in [9.17, 15) is 18.8 Å². The summed E-state index contributed by atoms with van der Waals surface area (Å²) in [7, 11) is 1.50. The molecule has 7 nitrogen and oxygen atoms in total. The second-order valence-corrected chi connectivity index (χ2v) is 7.48. The zero-order chi connectivity index (χ0) is 21.8. The van der Waals surface area contributed by atoms with Gasteiger partial charge in [0.05, 0.1) is 19.2 Å². The summed E-state index contributed by atoms with van der Waals surface area (Å²) in [5.41, 5.74) is 0.804. The molecule has 2 aromatic carbocycles. The van der Waals surface area contributed by atoms with E-state index in [2.05, 4.69) is 5.32 Å². The van der Waals surface area contributed by atoms with Crippen molar-refractivity contribution in [1.82, 2.24) is 4.90 Å². The number of rotatable bonds is 7. The summed E-state index contributed by atoms with van der Waals surface area (Å²) >= 11 is 0. The molecule has 1 aliphatic heterocycles. The van der Waals surface area contributed by atoms with E-state index in [0.717, 1.165) is 4.90 Å². The van der Waals surface area contributed by atoms with Crippen molar-refractivity contribution in [3.63, 3.8) is 0 Å². The van der Waals surface area contributed by atoms with Gasteiger partial charge in [-0.1, -0.05) is 19.9 Å². The number of urea groups is 1. The molecule has 8 heteroatoms. The highest BCUT2D eigenvalue weighted by Gasteiger charge is 2.46. The molecule has 2 aromatic rings. The predicted molar refractivity (Wildman–Crippen MR) is 111 cm³/mol. The molecule has 1 fully saturated rings. The number of imide groups is 1. The number of hydrogen-bond acceptors (Lipinski definition) is 4. The molecular formula is C22H24FN3O4. The third kappa shape index (κ3) is 4.59. The Morgan fingerprint density at radius 1 is 1.17 bits per heavy atom. The Balaban J connectivity index is 1.83. The van der Waals surface area contributed by atoms with E-state index in [-0.39, 0.29) is 12.3 Å². The molecule has 1 atom stereocenters. The fourth-order valence-corrected chi connectivity index (χ4v) is 3.34. The molecule has 3 rings (SSSR count). The lowest BCUT2D eigenvalue weighted by atomic mass is 10.1. The maximum absolute atomic E-state index is 13.1. The first-order valence-corrected chi connectivity index (χ1v) is 9.64. The summed E-state index contributed by atoms with van der Waals surface area (Å²) in [6.07, 6.45) is -0.199. The van der Waals surface area contributed by atoms with E-state index >= 15 is 0 Å². The molecule has 1 saturated heterocycles. The van der Waals surface area contributed by atoms with E-state index in [1.54, 1.807) is 24.3 Å². The highest BCUT2D eigenvalue weighted by Crippen LogP contribution is 2.30. The summed E-state index contributed by atoms with van der Waals surface area (Å²) in [5, 5.41) is 2.64. The molecule has 1 N–H and O–H groups in total. The van der Waals surface area contributed by atoms with Crippen LogP contribution in [0.5, 0.6) is 5.75 Å². The van der Waals surface area contributed by atoms with Gasteiger partial charge in [-0.05, 0) is 42.3 Å². The number of nitrogens with one attached hydrogen (secondary N) is 1. The van der Waals surface area contributed by atoms with Gasteiger partial charge in [0, 0.05) is 18.3 Å². The van der Waals surface area contributed by atoms with E-state index < -0.39 is 29.7 Å². The second-order valence-electron chi connectivity index (χ2n) is 7.48. The number of methoxy groups -OCH3 is 1. The molecule has 0 bridgehead atoms. The lowest BCUT2D eigenvalue weighted by molar-refractivity contribution is -0.124. The van der Waals surface area contributed by atoms with Crippen molar-refractivity contribution in [3.05, 3.63) is 54.3 Å². The van der Waals surface area contributed by atoms with Crippen LogP contribution in [-0.2, 0) is 9.59 Å². The minimum atomic E-state index is -0.924. The normalized spacial score (nSPS) is 16.4. The van der Waals surface area contributed by atoms with Gasteiger partial charge in [-0.25, -0.2) is 14.1 Å². The average Bonchev–Trinajstić information content (AvgIpc) is 2.93. The van der Waals surface area contributed by atoms with Crippen LogP contribution >= 0.6 is 0 Å². The van der Waals surface area contributed by atoms with Gasteiger partial charge in [0.1, 0.15) is 17.6 Å². The first-order chi connectivity index (χ1) is 14.3. The maximum Gasteiger partial charge on any atom is 0.332 e. The summed E-state index contributed by atoms with van der Waals surface area (Å²) in [5.74, 6) is -0.700. The van der Waals surface area contributed by atoms with Crippen LogP contribution in [0.25, 0.3) is 0 Å². The standard InChI is InChI=1S/C22H24FN3O4/c1-14(2)13-25-19(12-20(27)24-16-9-7-15(23)8-10-16)21(28)26(22(25)29)17-5-4-6-18(11-17)30-3/h4-11,14,19H,12-13H2,1-3H3,(H,24,27)/t19-/m0/s1. The van der Waals surface area contributed by atoms with Crippen LogP contribution in [-0.4, -0.2) is 42.4 Å². The van der Waals surface area contributed by atoms with E-state index in [0.29, 0.717) is 23.7 Å². The Morgan fingerprint density at radius 3 is 2.50 bits per heavy atom. The summed E-state index contributed by atoms with van der Waals surface area (Å²) in [6, 6.07) is 10.6. The first kappa shape index (κ1) is 21.3. The third-order valence-electron chi connectivity index (χ3n) is 4.70.